The number of rotatable bonds is 8. The van der Waals surface area contributed by atoms with Crippen molar-refractivity contribution in [2.45, 2.75) is 52.6 Å². The van der Waals surface area contributed by atoms with Crippen LogP contribution in [0.4, 0.5) is 0 Å². The van der Waals surface area contributed by atoms with Crippen molar-refractivity contribution in [3.05, 3.63) is 29.3 Å². The van der Waals surface area contributed by atoms with E-state index in [4.69, 9.17) is 9.47 Å². The zero-order chi connectivity index (χ0) is 21.0. The Hall–Kier alpha value is -2.70. The first-order valence-electron chi connectivity index (χ1n) is 10.2. The third kappa shape index (κ3) is 4.66. The van der Waals surface area contributed by atoms with Crippen LogP contribution in [-0.4, -0.2) is 41.6 Å². The van der Waals surface area contributed by atoms with E-state index in [-0.39, 0.29) is 49.0 Å². The number of fused-ring (bicyclic) bond motifs is 1. The number of hydrogen-bond acceptors (Lipinski definition) is 6. The van der Waals surface area contributed by atoms with E-state index in [1.807, 2.05) is 6.92 Å². The number of nitrogens with zero attached hydrogens (tertiary/aromatic N) is 1. The van der Waals surface area contributed by atoms with Gasteiger partial charge in [-0.25, -0.2) is 0 Å². The van der Waals surface area contributed by atoms with Gasteiger partial charge in [-0.2, -0.15) is 0 Å². The van der Waals surface area contributed by atoms with Crippen molar-refractivity contribution in [2.75, 3.05) is 13.2 Å². The molecule has 1 aliphatic carbocycles. The predicted molar refractivity (Wildman–Crippen MR) is 104 cm³/mol. The summed E-state index contributed by atoms with van der Waals surface area (Å²) in [5, 5.41) is 0. The quantitative estimate of drug-likeness (QED) is 0.378. The molecule has 7 heteroatoms. The molecule has 7 nitrogen and oxygen atoms in total. The van der Waals surface area contributed by atoms with Crippen molar-refractivity contribution in [3.63, 3.8) is 0 Å². The average Bonchev–Trinajstić information content (AvgIpc) is 2.96. The lowest BCUT2D eigenvalue weighted by atomic mass is 9.81. The molecule has 2 amide bonds. The van der Waals surface area contributed by atoms with Crippen LogP contribution >= 0.6 is 0 Å². The van der Waals surface area contributed by atoms with Crippen molar-refractivity contribution in [3.8, 4) is 5.75 Å². The summed E-state index contributed by atoms with van der Waals surface area (Å²) >= 11 is 0. The van der Waals surface area contributed by atoms with E-state index in [2.05, 4.69) is 0 Å². The van der Waals surface area contributed by atoms with Gasteiger partial charge >= 0.3 is 5.97 Å². The summed E-state index contributed by atoms with van der Waals surface area (Å²) in [4.78, 5) is 50.0. The normalized spacial score (nSPS) is 21.1. The van der Waals surface area contributed by atoms with Gasteiger partial charge in [0.15, 0.2) is 5.78 Å². The molecule has 1 aliphatic heterocycles. The van der Waals surface area contributed by atoms with E-state index in [0.29, 0.717) is 23.5 Å². The predicted octanol–water partition coefficient (Wildman–Crippen LogP) is 2.90. The highest BCUT2D eigenvalue weighted by atomic mass is 16.5. The Morgan fingerprint density at radius 2 is 1.76 bits per heavy atom. The third-order valence-electron chi connectivity index (χ3n) is 5.63. The highest BCUT2D eigenvalue weighted by Crippen LogP contribution is 2.38. The van der Waals surface area contributed by atoms with Crippen molar-refractivity contribution < 1.29 is 28.7 Å². The van der Waals surface area contributed by atoms with Gasteiger partial charge in [-0.15, -0.1) is 0 Å². The SMILES string of the molecule is CCOc1ccc(C(C)=O)cc1COC(=O)CCN1C(=O)C2CCCCC2C1=O. The van der Waals surface area contributed by atoms with Gasteiger partial charge in [0, 0.05) is 17.7 Å². The number of Topliss-reactive ketones (excluding diaryl/α,β-unsaturated/α-hetero) is 1. The molecule has 1 heterocycles. The fraction of sp³-hybridized carbons (Fsp3) is 0.545. The molecular formula is C22H27NO6. The van der Waals surface area contributed by atoms with Crippen LogP contribution in [0, 0.1) is 11.8 Å². The van der Waals surface area contributed by atoms with E-state index in [1.54, 1.807) is 18.2 Å². The Balaban J connectivity index is 1.56. The summed E-state index contributed by atoms with van der Waals surface area (Å²) in [5.74, 6) is -0.769. The molecule has 1 saturated heterocycles. The summed E-state index contributed by atoms with van der Waals surface area (Å²) in [6.07, 6.45) is 3.40. The van der Waals surface area contributed by atoms with E-state index >= 15 is 0 Å². The fourth-order valence-electron chi connectivity index (χ4n) is 4.09. The van der Waals surface area contributed by atoms with Gasteiger partial charge in [-0.1, -0.05) is 12.8 Å². The molecule has 1 saturated carbocycles. The minimum absolute atomic E-state index is 0.0393. The topological polar surface area (TPSA) is 90.0 Å². The summed E-state index contributed by atoms with van der Waals surface area (Å²) in [6.45, 7) is 3.77. The molecule has 156 valence electrons. The van der Waals surface area contributed by atoms with Crippen LogP contribution in [0.3, 0.4) is 0 Å². The first kappa shape index (κ1) is 21.0. The standard InChI is InChI=1S/C22H27NO6/c1-3-28-19-9-8-15(14(2)24)12-16(19)13-29-20(25)10-11-23-21(26)17-6-4-5-7-18(17)22(23)27/h8-9,12,17-18H,3-7,10-11,13H2,1-2H3. The Morgan fingerprint density at radius 1 is 1.10 bits per heavy atom. The zero-order valence-electron chi connectivity index (χ0n) is 16.9. The minimum atomic E-state index is -0.504. The van der Waals surface area contributed by atoms with Crippen molar-refractivity contribution in [1.29, 1.82) is 0 Å². The van der Waals surface area contributed by atoms with Gasteiger partial charge < -0.3 is 9.47 Å². The monoisotopic (exact) mass is 401 g/mol. The van der Waals surface area contributed by atoms with Crippen molar-refractivity contribution in [2.24, 2.45) is 11.8 Å². The number of amides is 2. The number of imide groups is 1. The third-order valence-corrected chi connectivity index (χ3v) is 5.63. The number of benzene rings is 1. The molecule has 1 aromatic carbocycles. The van der Waals surface area contributed by atoms with Crippen LogP contribution in [0.5, 0.6) is 5.75 Å². The second-order valence-corrected chi connectivity index (χ2v) is 7.55. The summed E-state index contributed by atoms with van der Waals surface area (Å²) in [6, 6.07) is 5.01. The van der Waals surface area contributed by atoms with Crippen LogP contribution < -0.4 is 4.74 Å². The number of ether oxygens (including phenoxy) is 2. The second kappa shape index (κ2) is 9.20. The van der Waals surface area contributed by atoms with Crippen molar-refractivity contribution in [1.82, 2.24) is 4.90 Å². The van der Waals surface area contributed by atoms with Gasteiger partial charge in [0.2, 0.25) is 11.8 Å². The first-order chi connectivity index (χ1) is 13.9. The van der Waals surface area contributed by atoms with Gasteiger partial charge in [0.25, 0.3) is 0 Å². The largest absolute Gasteiger partial charge is 0.493 e. The van der Waals surface area contributed by atoms with Gasteiger partial charge in [0.05, 0.1) is 24.9 Å². The molecule has 0 bridgehead atoms. The van der Waals surface area contributed by atoms with E-state index < -0.39 is 5.97 Å². The molecule has 3 rings (SSSR count). The van der Waals surface area contributed by atoms with Gasteiger partial charge in [0.1, 0.15) is 12.4 Å². The van der Waals surface area contributed by atoms with Crippen LogP contribution in [0.25, 0.3) is 0 Å². The molecule has 0 radical (unpaired) electrons. The molecule has 2 unspecified atom stereocenters. The van der Waals surface area contributed by atoms with Gasteiger partial charge in [-0.05, 0) is 44.9 Å². The lowest BCUT2D eigenvalue weighted by Gasteiger charge is -2.19. The Bertz CT molecular complexity index is 794. The highest BCUT2D eigenvalue weighted by Gasteiger charge is 2.47. The maximum absolute atomic E-state index is 12.5. The first-order valence-corrected chi connectivity index (χ1v) is 10.2. The van der Waals surface area contributed by atoms with Crippen molar-refractivity contribution >= 4 is 23.6 Å². The molecule has 1 aromatic rings. The van der Waals surface area contributed by atoms with Crippen LogP contribution in [0.15, 0.2) is 18.2 Å². The minimum Gasteiger partial charge on any atom is -0.493 e. The molecule has 29 heavy (non-hydrogen) atoms. The number of ketones is 1. The van der Waals surface area contributed by atoms with Crippen LogP contribution in [-0.2, 0) is 25.7 Å². The Morgan fingerprint density at radius 3 is 2.34 bits per heavy atom. The molecule has 0 aromatic heterocycles. The average molecular weight is 401 g/mol. The summed E-state index contributed by atoms with van der Waals surface area (Å²) in [7, 11) is 0. The van der Waals surface area contributed by atoms with E-state index in [0.717, 1.165) is 25.7 Å². The maximum atomic E-state index is 12.5. The molecule has 2 fully saturated rings. The van der Waals surface area contributed by atoms with E-state index in [9.17, 15) is 19.2 Å². The maximum Gasteiger partial charge on any atom is 0.307 e. The molecule has 0 spiro atoms. The smallest absolute Gasteiger partial charge is 0.307 e. The Labute approximate surface area is 170 Å². The summed E-state index contributed by atoms with van der Waals surface area (Å²) < 4.78 is 10.8. The summed E-state index contributed by atoms with van der Waals surface area (Å²) in [5.41, 5.74) is 1.11. The highest BCUT2D eigenvalue weighted by molar-refractivity contribution is 6.05. The number of carbonyl (C=O) groups is 4. The number of carbonyl (C=O) groups excluding carboxylic acids is 4. The lowest BCUT2D eigenvalue weighted by molar-refractivity contribution is -0.146. The zero-order valence-corrected chi connectivity index (χ0v) is 16.9. The fourth-order valence-corrected chi connectivity index (χ4v) is 4.09. The van der Waals surface area contributed by atoms with Crippen LogP contribution in [0.2, 0.25) is 0 Å². The Kier molecular flexibility index (Phi) is 6.67. The number of esters is 1. The molecular weight excluding hydrogens is 374 g/mol. The number of hydrogen-bond donors (Lipinski definition) is 0. The molecule has 0 N–H and O–H groups in total. The second-order valence-electron chi connectivity index (χ2n) is 7.55. The van der Waals surface area contributed by atoms with E-state index in [1.165, 1.54) is 11.8 Å². The molecule has 2 aliphatic rings. The van der Waals surface area contributed by atoms with Gasteiger partial charge in [-0.3, -0.25) is 24.1 Å². The molecule has 2 atom stereocenters. The number of likely N-dealkylation sites (tertiary alicyclic amines) is 1. The van der Waals surface area contributed by atoms with Crippen LogP contribution in [0.1, 0.15) is 61.9 Å². The lowest BCUT2D eigenvalue weighted by Crippen LogP contribution is -2.33.